The molecule has 21 heavy (non-hydrogen) atoms. The molecule has 0 bridgehead atoms. The molecule has 1 aromatic carbocycles. The maximum absolute atomic E-state index is 11.4. The molecule has 6 heteroatoms. The van der Waals surface area contributed by atoms with E-state index < -0.39 is 10.8 Å². The minimum absolute atomic E-state index is 0.303. The lowest BCUT2D eigenvalue weighted by Crippen LogP contribution is -2.29. The number of halogens is 1. The first-order valence-electron chi connectivity index (χ1n) is 6.92. The maximum Gasteiger partial charge on any atom is 0.163 e. The normalized spacial score (nSPS) is 22.0. The number of aromatic nitrogens is 2. The number of hydrogen-bond donors (Lipinski definition) is 1. The van der Waals surface area contributed by atoms with Crippen molar-refractivity contribution in [1.29, 1.82) is 0 Å². The zero-order valence-electron chi connectivity index (χ0n) is 11.5. The molecule has 0 radical (unpaired) electrons. The molecule has 2 heterocycles. The molecule has 0 spiro atoms. The van der Waals surface area contributed by atoms with Gasteiger partial charge in [-0.05, 0) is 12.8 Å². The summed E-state index contributed by atoms with van der Waals surface area (Å²) in [5.41, 5.74) is 0.938. The molecule has 110 valence electrons. The predicted octanol–water partition coefficient (Wildman–Crippen LogP) is 3.12. The molecular weight excluding hydrogens is 306 g/mol. The summed E-state index contributed by atoms with van der Waals surface area (Å²) in [5.74, 6) is 2.85. The summed E-state index contributed by atoms with van der Waals surface area (Å²) >= 11 is 6.10. The molecule has 2 aromatic rings. The van der Waals surface area contributed by atoms with Crippen molar-refractivity contribution in [3.8, 4) is 11.4 Å². The standard InChI is InChI=1S/C15H16ClN3OS/c16-13-10-14(17-12-6-8-21(20)9-7-12)19-15(18-13)11-4-2-1-3-5-11/h1-5,10,12H,6-9H2,(H,17,18,19). The van der Waals surface area contributed by atoms with Crippen LogP contribution in [0.2, 0.25) is 5.15 Å². The third kappa shape index (κ3) is 3.80. The second-order valence-electron chi connectivity index (χ2n) is 5.03. The van der Waals surface area contributed by atoms with E-state index in [9.17, 15) is 4.21 Å². The fourth-order valence-corrected chi connectivity index (χ4v) is 3.84. The summed E-state index contributed by atoms with van der Waals surface area (Å²) in [6, 6.07) is 11.8. The Balaban J connectivity index is 1.80. The first kappa shape index (κ1) is 14.5. The molecule has 1 fully saturated rings. The second-order valence-corrected chi connectivity index (χ2v) is 7.12. The number of anilines is 1. The lowest BCUT2D eigenvalue weighted by atomic mass is 10.1. The van der Waals surface area contributed by atoms with Gasteiger partial charge in [0.1, 0.15) is 11.0 Å². The number of rotatable bonds is 3. The lowest BCUT2D eigenvalue weighted by Gasteiger charge is -2.23. The van der Waals surface area contributed by atoms with Gasteiger partial charge >= 0.3 is 0 Å². The van der Waals surface area contributed by atoms with Crippen LogP contribution < -0.4 is 5.32 Å². The summed E-state index contributed by atoms with van der Waals surface area (Å²) < 4.78 is 11.4. The van der Waals surface area contributed by atoms with Crippen LogP contribution in [-0.2, 0) is 10.8 Å². The highest BCUT2D eigenvalue weighted by Crippen LogP contribution is 2.22. The van der Waals surface area contributed by atoms with Gasteiger partial charge in [-0.2, -0.15) is 0 Å². The van der Waals surface area contributed by atoms with Gasteiger partial charge in [-0.25, -0.2) is 9.97 Å². The van der Waals surface area contributed by atoms with Crippen molar-refractivity contribution in [2.75, 3.05) is 16.8 Å². The molecule has 0 amide bonds. The molecule has 0 atom stereocenters. The Hall–Kier alpha value is -1.46. The van der Waals surface area contributed by atoms with Gasteiger partial charge in [0.25, 0.3) is 0 Å². The Bertz CT molecular complexity index is 641. The highest BCUT2D eigenvalue weighted by Gasteiger charge is 2.18. The summed E-state index contributed by atoms with van der Waals surface area (Å²) in [5, 5.41) is 3.80. The van der Waals surface area contributed by atoms with Gasteiger partial charge in [0.05, 0.1) is 0 Å². The number of nitrogens with zero attached hydrogens (tertiary/aromatic N) is 2. The van der Waals surface area contributed by atoms with E-state index in [1.807, 2.05) is 30.3 Å². The van der Waals surface area contributed by atoms with Crippen LogP contribution >= 0.6 is 11.6 Å². The number of hydrogen-bond acceptors (Lipinski definition) is 4. The van der Waals surface area contributed by atoms with Crippen molar-refractivity contribution in [3.63, 3.8) is 0 Å². The van der Waals surface area contributed by atoms with Crippen LogP contribution in [0.3, 0.4) is 0 Å². The zero-order valence-corrected chi connectivity index (χ0v) is 13.0. The van der Waals surface area contributed by atoms with Crippen LogP contribution in [0.4, 0.5) is 5.82 Å². The Morgan fingerprint density at radius 1 is 1.14 bits per heavy atom. The summed E-state index contributed by atoms with van der Waals surface area (Å²) in [6.07, 6.45) is 1.80. The quantitative estimate of drug-likeness (QED) is 0.882. The largest absolute Gasteiger partial charge is 0.367 e. The van der Waals surface area contributed by atoms with Gasteiger partial charge in [0.2, 0.25) is 0 Å². The molecule has 1 aromatic heterocycles. The van der Waals surface area contributed by atoms with Crippen LogP contribution in [0.15, 0.2) is 36.4 Å². The van der Waals surface area contributed by atoms with Gasteiger partial charge in [0.15, 0.2) is 5.82 Å². The minimum atomic E-state index is -0.656. The van der Waals surface area contributed by atoms with E-state index in [4.69, 9.17) is 11.6 Å². The molecule has 0 unspecified atom stereocenters. The fourth-order valence-electron chi connectivity index (χ4n) is 2.36. The summed E-state index contributed by atoms with van der Waals surface area (Å²) in [6.45, 7) is 0. The maximum atomic E-state index is 11.4. The molecule has 1 aliphatic heterocycles. The predicted molar refractivity (Wildman–Crippen MR) is 87.0 cm³/mol. The van der Waals surface area contributed by atoms with E-state index in [1.54, 1.807) is 6.07 Å². The van der Waals surface area contributed by atoms with Gasteiger partial charge in [-0.1, -0.05) is 41.9 Å². The van der Waals surface area contributed by atoms with Crippen molar-refractivity contribution >= 4 is 28.2 Å². The van der Waals surface area contributed by atoms with Crippen LogP contribution in [0, 0.1) is 0 Å². The Morgan fingerprint density at radius 2 is 1.86 bits per heavy atom. The van der Waals surface area contributed by atoms with E-state index in [0.29, 0.717) is 17.0 Å². The van der Waals surface area contributed by atoms with Crippen LogP contribution in [0.1, 0.15) is 12.8 Å². The molecule has 3 rings (SSSR count). The highest BCUT2D eigenvalue weighted by molar-refractivity contribution is 7.85. The van der Waals surface area contributed by atoms with Gasteiger partial charge in [0, 0.05) is 40.0 Å². The molecule has 4 nitrogen and oxygen atoms in total. The van der Waals surface area contributed by atoms with Crippen molar-refractivity contribution in [2.45, 2.75) is 18.9 Å². The van der Waals surface area contributed by atoms with E-state index in [0.717, 1.165) is 35.7 Å². The topological polar surface area (TPSA) is 54.9 Å². The molecule has 0 saturated carbocycles. The van der Waals surface area contributed by atoms with E-state index in [1.165, 1.54) is 0 Å². The molecule has 0 aliphatic carbocycles. The Morgan fingerprint density at radius 3 is 2.57 bits per heavy atom. The molecule has 1 saturated heterocycles. The molecule has 1 N–H and O–H groups in total. The van der Waals surface area contributed by atoms with Crippen LogP contribution in [-0.4, -0.2) is 31.7 Å². The third-order valence-electron chi connectivity index (χ3n) is 3.47. The SMILES string of the molecule is O=S1CCC(Nc2cc(Cl)nc(-c3ccccc3)n2)CC1. The first-order chi connectivity index (χ1) is 10.2. The first-order valence-corrected chi connectivity index (χ1v) is 8.79. The number of nitrogens with one attached hydrogen (secondary N) is 1. The highest BCUT2D eigenvalue weighted by atomic mass is 35.5. The third-order valence-corrected chi connectivity index (χ3v) is 5.04. The molecular formula is C15H16ClN3OS. The average molecular weight is 322 g/mol. The summed E-state index contributed by atoms with van der Waals surface area (Å²) in [4.78, 5) is 8.81. The number of benzene rings is 1. The van der Waals surface area contributed by atoms with E-state index in [-0.39, 0.29) is 0 Å². The van der Waals surface area contributed by atoms with Gasteiger partial charge in [-0.3, -0.25) is 4.21 Å². The average Bonchev–Trinajstić information content (AvgIpc) is 2.50. The van der Waals surface area contributed by atoms with Crippen molar-refractivity contribution in [1.82, 2.24) is 9.97 Å². The van der Waals surface area contributed by atoms with Gasteiger partial charge < -0.3 is 5.32 Å². The van der Waals surface area contributed by atoms with Crippen LogP contribution in [0.5, 0.6) is 0 Å². The smallest absolute Gasteiger partial charge is 0.163 e. The van der Waals surface area contributed by atoms with E-state index >= 15 is 0 Å². The lowest BCUT2D eigenvalue weighted by molar-refractivity contribution is 0.622. The molecule has 1 aliphatic rings. The fraction of sp³-hybridized carbons (Fsp3) is 0.333. The van der Waals surface area contributed by atoms with Crippen molar-refractivity contribution in [2.24, 2.45) is 0 Å². The van der Waals surface area contributed by atoms with Gasteiger partial charge in [-0.15, -0.1) is 0 Å². The Kier molecular flexibility index (Phi) is 4.51. The minimum Gasteiger partial charge on any atom is -0.367 e. The van der Waals surface area contributed by atoms with Crippen molar-refractivity contribution in [3.05, 3.63) is 41.6 Å². The van der Waals surface area contributed by atoms with E-state index in [2.05, 4.69) is 15.3 Å². The summed E-state index contributed by atoms with van der Waals surface area (Å²) in [7, 11) is -0.656. The second kappa shape index (κ2) is 6.54. The van der Waals surface area contributed by atoms with Crippen molar-refractivity contribution < 1.29 is 4.21 Å². The zero-order chi connectivity index (χ0) is 14.7. The monoisotopic (exact) mass is 321 g/mol. The Labute approximate surface area is 131 Å². The van der Waals surface area contributed by atoms with Crippen LogP contribution in [0.25, 0.3) is 11.4 Å².